The van der Waals surface area contributed by atoms with Crippen LogP contribution >= 0.6 is 0 Å². The van der Waals surface area contributed by atoms with Gasteiger partial charge in [0, 0.05) is 20.6 Å². The molecule has 0 aromatic rings. The second-order valence-electron chi connectivity index (χ2n) is 6.11. The zero-order chi connectivity index (χ0) is 16.5. The smallest absolute Gasteiger partial charge is 0.189 e. The standard InChI is InChI=1S/C18H38O3Si/c1-4-5-6-7-8-9-10-11-12-13-14-15-16-18(19-2,20-3)17-21-22/h4H,1,5-17H2,2-3,22H3. The first kappa shape index (κ1) is 21.8. The molecule has 0 aliphatic heterocycles. The highest BCUT2D eigenvalue weighted by Crippen LogP contribution is 2.21. The predicted molar refractivity (Wildman–Crippen MR) is 98.2 cm³/mol. The van der Waals surface area contributed by atoms with Gasteiger partial charge in [0.15, 0.2) is 5.79 Å². The first-order valence-corrected chi connectivity index (χ1v) is 9.76. The van der Waals surface area contributed by atoms with Crippen molar-refractivity contribution in [3.8, 4) is 0 Å². The third kappa shape index (κ3) is 11.4. The number of hydrogen-bond donors (Lipinski definition) is 0. The molecule has 22 heavy (non-hydrogen) atoms. The first-order chi connectivity index (χ1) is 10.7. The second kappa shape index (κ2) is 15.7. The Morgan fingerprint density at radius 3 is 1.68 bits per heavy atom. The summed E-state index contributed by atoms with van der Waals surface area (Å²) in [6, 6.07) is 0. The summed E-state index contributed by atoms with van der Waals surface area (Å²) >= 11 is 0. The lowest BCUT2D eigenvalue weighted by atomic mass is 10.0. The Bertz CT molecular complexity index is 242. The maximum absolute atomic E-state index is 5.50. The normalized spacial score (nSPS) is 11.9. The molecule has 0 saturated carbocycles. The molecule has 3 nitrogen and oxygen atoms in total. The number of rotatable bonds is 17. The SMILES string of the molecule is C=CCCCCCCCCCCCCC(CO[SiH3])(OC)OC. The van der Waals surface area contributed by atoms with Crippen molar-refractivity contribution in [1.82, 2.24) is 0 Å². The van der Waals surface area contributed by atoms with Crippen LogP contribution in [0.4, 0.5) is 0 Å². The van der Waals surface area contributed by atoms with Crippen molar-refractivity contribution in [3.63, 3.8) is 0 Å². The van der Waals surface area contributed by atoms with Crippen LogP contribution < -0.4 is 0 Å². The van der Waals surface area contributed by atoms with Gasteiger partial charge in [-0.15, -0.1) is 6.58 Å². The van der Waals surface area contributed by atoms with Gasteiger partial charge in [0.05, 0.1) is 6.61 Å². The lowest BCUT2D eigenvalue weighted by Gasteiger charge is -2.30. The predicted octanol–water partition coefficient (Wildman–Crippen LogP) is 4.14. The zero-order valence-corrected chi connectivity index (χ0v) is 17.2. The molecule has 0 aliphatic rings. The second-order valence-corrected chi connectivity index (χ2v) is 6.69. The van der Waals surface area contributed by atoms with Gasteiger partial charge in [0.2, 0.25) is 0 Å². The van der Waals surface area contributed by atoms with E-state index in [1.54, 1.807) is 14.2 Å². The summed E-state index contributed by atoms with van der Waals surface area (Å²) in [5.41, 5.74) is 0. The quantitative estimate of drug-likeness (QED) is 0.174. The van der Waals surface area contributed by atoms with E-state index in [2.05, 4.69) is 6.58 Å². The number of ether oxygens (including phenoxy) is 2. The van der Waals surface area contributed by atoms with Crippen molar-refractivity contribution in [1.29, 1.82) is 0 Å². The van der Waals surface area contributed by atoms with E-state index < -0.39 is 5.79 Å². The molecule has 0 amide bonds. The van der Waals surface area contributed by atoms with E-state index >= 15 is 0 Å². The average molecular weight is 331 g/mol. The maximum Gasteiger partial charge on any atom is 0.189 e. The number of unbranched alkanes of at least 4 members (excludes halogenated alkanes) is 10. The maximum atomic E-state index is 5.50. The van der Waals surface area contributed by atoms with Crippen LogP contribution in [0.5, 0.6) is 0 Å². The van der Waals surface area contributed by atoms with Crippen molar-refractivity contribution in [2.24, 2.45) is 0 Å². The van der Waals surface area contributed by atoms with Gasteiger partial charge in [0.25, 0.3) is 0 Å². The van der Waals surface area contributed by atoms with E-state index in [-0.39, 0.29) is 0 Å². The summed E-state index contributed by atoms with van der Waals surface area (Å²) in [5.74, 6) is -0.521. The fourth-order valence-corrected chi connectivity index (χ4v) is 3.23. The molecule has 0 rings (SSSR count). The minimum atomic E-state index is -0.521. The topological polar surface area (TPSA) is 27.7 Å². The fourth-order valence-electron chi connectivity index (χ4n) is 2.79. The summed E-state index contributed by atoms with van der Waals surface area (Å²) in [6.45, 7) is 4.31. The fraction of sp³-hybridized carbons (Fsp3) is 0.889. The number of methoxy groups -OCH3 is 2. The molecule has 0 atom stereocenters. The molecule has 0 heterocycles. The van der Waals surface area contributed by atoms with Gasteiger partial charge >= 0.3 is 0 Å². The van der Waals surface area contributed by atoms with Crippen molar-refractivity contribution in [2.45, 2.75) is 82.8 Å². The molecular weight excluding hydrogens is 292 g/mol. The number of allylic oxidation sites excluding steroid dienone is 1. The monoisotopic (exact) mass is 330 g/mol. The van der Waals surface area contributed by atoms with Crippen LogP contribution in [-0.2, 0) is 13.9 Å². The Hall–Kier alpha value is -0.163. The van der Waals surface area contributed by atoms with Crippen molar-refractivity contribution in [2.75, 3.05) is 20.8 Å². The highest BCUT2D eigenvalue weighted by Gasteiger charge is 2.28. The molecule has 0 N–H and O–H groups in total. The van der Waals surface area contributed by atoms with Crippen molar-refractivity contribution < 1.29 is 13.9 Å². The summed E-state index contributed by atoms with van der Waals surface area (Å²) < 4.78 is 16.3. The average Bonchev–Trinajstić information content (AvgIpc) is 2.55. The molecule has 0 aliphatic carbocycles. The van der Waals surface area contributed by atoms with Crippen LogP contribution in [0, 0.1) is 0 Å². The van der Waals surface area contributed by atoms with E-state index in [0.29, 0.717) is 6.61 Å². The molecule has 0 aromatic carbocycles. The van der Waals surface area contributed by atoms with Gasteiger partial charge < -0.3 is 13.9 Å². The van der Waals surface area contributed by atoms with E-state index in [9.17, 15) is 0 Å². The van der Waals surface area contributed by atoms with Gasteiger partial charge in [-0.2, -0.15) is 0 Å². The van der Waals surface area contributed by atoms with Crippen LogP contribution in [0.1, 0.15) is 77.0 Å². The molecule has 0 radical (unpaired) electrons. The molecule has 0 bridgehead atoms. The van der Waals surface area contributed by atoms with Gasteiger partial charge in [0.1, 0.15) is 10.5 Å². The largest absolute Gasteiger partial charge is 0.422 e. The van der Waals surface area contributed by atoms with Crippen LogP contribution in [0.25, 0.3) is 0 Å². The van der Waals surface area contributed by atoms with Crippen LogP contribution in [0.15, 0.2) is 12.7 Å². The lowest BCUT2D eigenvalue weighted by Crippen LogP contribution is -2.38. The van der Waals surface area contributed by atoms with E-state index in [1.165, 1.54) is 64.2 Å². The molecule has 4 heteroatoms. The van der Waals surface area contributed by atoms with Gasteiger partial charge in [-0.05, 0) is 19.3 Å². The van der Waals surface area contributed by atoms with Crippen molar-refractivity contribution in [3.05, 3.63) is 12.7 Å². The Kier molecular flexibility index (Phi) is 15.6. The molecular formula is C18H38O3Si. The molecule has 0 unspecified atom stereocenters. The molecule has 132 valence electrons. The Morgan fingerprint density at radius 2 is 1.27 bits per heavy atom. The summed E-state index contributed by atoms with van der Waals surface area (Å²) in [4.78, 5) is 0. The molecule has 0 fully saturated rings. The molecule has 0 aromatic heterocycles. The summed E-state index contributed by atoms with van der Waals surface area (Å²) in [6.07, 6.45) is 17.4. The third-order valence-corrected chi connectivity index (χ3v) is 4.61. The summed E-state index contributed by atoms with van der Waals surface area (Å²) in [5, 5.41) is 0. The van der Waals surface area contributed by atoms with E-state index in [4.69, 9.17) is 13.9 Å². The van der Waals surface area contributed by atoms with Crippen LogP contribution in [0.3, 0.4) is 0 Å². The highest BCUT2D eigenvalue weighted by molar-refractivity contribution is 5.97. The van der Waals surface area contributed by atoms with E-state index in [0.717, 1.165) is 23.3 Å². The molecule has 0 saturated heterocycles. The number of hydrogen-bond acceptors (Lipinski definition) is 3. The highest BCUT2D eigenvalue weighted by atomic mass is 28.2. The van der Waals surface area contributed by atoms with E-state index in [1.807, 2.05) is 6.08 Å². The Balaban J connectivity index is 3.40. The van der Waals surface area contributed by atoms with Gasteiger partial charge in [-0.1, -0.05) is 57.4 Å². The lowest BCUT2D eigenvalue weighted by molar-refractivity contribution is -0.226. The Labute approximate surface area is 141 Å². The third-order valence-electron chi connectivity index (χ3n) is 4.32. The first-order valence-electron chi connectivity index (χ1n) is 8.95. The molecule has 0 spiro atoms. The van der Waals surface area contributed by atoms with Gasteiger partial charge in [-0.25, -0.2) is 0 Å². The van der Waals surface area contributed by atoms with Crippen LogP contribution in [0.2, 0.25) is 0 Å². The zero-order valence-electron chi connectivity index (χ0n) is 15.2. The minimum absolute atomic E-state index is 0.521. The minimum Gasteiger partial charge on any atom is -0.422 e. The Morgan fingerprint density at radius 1 is 0.818 bits per heavy atom. The van der Waals surface area contributed by atoms with Crippen LogP contribution in [-0.4, -0.2) is 37.1 Å². The summed E-state index contributed by atoms with van der Waals surface area (Å²) in [7, 11) is 4.14. The van der Waals surface area contributed by atoms with Gasteiger partial charge in [-0.3, -0.25) is 0 Å². The van der Waals surface area contributed by atoms with Crippen molar-refractivity contribution >= 4 is 10.5 Å².